The monoisotopic (exact) mass is 385 g/mol. The van der Waals surface area contributed by atoms with Crippen molar-refractivity contribution in [1.82, 2.24) is 0 Å². The number of hydrogen-bond acceptors (Lipinski definition) is 5. The number of hydrogen-bond donors (Lipinski definition) is 3. The van der Waals surface area contributed by atoms with Gasteiger partial charge in [0.1, 0.15) is 18.5 Å². The molecule has 3 unspecified atom stereocenters. The van der Waals surface area contributed by atoms with E-state index in [1.165, 1.54) is 0 Å². The molecule has 0 aliphatic carbocycles. The van der Waals surface area contributed by atoms with Gasteiger partial charge in [0.15, 0.2) is 0 Å². The topological polar surface area (TPSA) is 73.2 Å². The predicted molar refractivity (Wildman–Crippen MR) is 94.3 cm³/mol. The maximum absolute atomic E-state index is 9.79. The van der Waals surface area contributed by atoms with E-state index in [2.05, 4.69) is 0 Å². The van der Waals surface area contributed by atoms with E-state index in [1.54, 1.807) is 23.1 Å². The van der Waals surface area contributed by atoms with Crippen molar-refractivity contribution in [2.45, 2.75) is 18.3 Å². The first-order chi connectivity index (χ1) is 11.0. The maximum Gasteiger partial charge on any atom is 0.121 e. The van der Waals surface area contributed by atoms with Gasteiger partial charge in [-0.1, -0.05) is 6.07 Å². The first-order valence-electron chi connectivity index (χ1n) is 7.20. The Balaban J connectivity index is 2.83. The number of halogens is 3. The first-order valence-corrected chi connectivity index (χ1v) is 8.80. The van der Waals surface area contributed by atoms with Crippen molar-refractivity contribution in [3.63, 3.8) is 0 Å². The van der Waals surface area contributed by atoms with E-state index in [9.17, 15) is 15.3 Å². The number of aliphatic hydroxyl groups excluding tert-OH is 3. The molecule has 0 amide bonds. The summed E-state index contributed by atoms with van der Waals surface area (Å²) in [6.45, 7) is 0.595. The highest BCUT2D eigenvalue weighted by atomic mass is 35.5. The van der Waals surface area contributed by atoms with Gasteiger partial charge in [-0.25, -0.2) is 0 Å². The van der Waals surface area contributed by atoms with Crippen molar-refractivity contribution >= 4 is 40.5 Å². The number of nitrogens with zero attached hydrogens (tertiary/aromatic N) is 1. The molecule has 0 radical (unpaired) electrons. The smallest absolute Gasteiger partial charge is 0.121 e. The normalized spacial score (nSPS) is 15.0. The molecule has 0 aromatic heterocycles. The van der Waals surface area contributed by atoms with Crippen molar-refractivity contribution in [2.75, 3.05) is 42.2 Å². The van der Waals surface area contributed by atoms with Crippen molar-refractivity contribution in [3.05, 3.63) is 24.3 Å². The van der Waals surface area contributed by atoms with Crippen LogP contribution in [-0.2, 0) is 0 Å². The highest BCUT2D eigenvalue weighted by Gasteiger charge is 2.16. The van der Waals surface area contributed by atoms with Crippen LogP contribution in [0.25, 0.3) is 0 Å². The summed E-state index contributed by atoms with van der Waals surface area (Å²) in [7, 11) is 0. The molecule has 3 N–H and O–H groups in total. The van der Waals surface area contributed by atoms with Crippen LogP contribution in [0, 0.1) is 0 Å². The fourth-order valence-electron chi connectivity index (χ4n) is 1.90. The summed E-state index contributed by atoms with van der Waals surface area (Å²) in [5.74, 6) is 0.824. The van der Waals surface area contributed by atoms with Crippen LogP contribution in [0.4, 0.5) is 5.69 Å². The van der Waals surface area contributed by atoms with Gasteiger partial charge in [0.25, 0.3) is 0 Å². The fourth-order valence-corrected chi connectivity index (χ4v) is 2.18. The third-order valence-electron chi connectivity index (χ3n) is 3.02. The van der Waals surface area contributed by atoms with Gasteiger partial charge in [-0.2, -0.15) is 0 Å². The number of benzene rings is 1. The van der Waals surface area contributed by atoms with Crippen LogP contribution in [0.1, 0.15) is 0 Å². The van der Waals surface area contributed by atoms with Gasteiger partial charge < -0.3 is 25.0 Å². The molecule has 23 heavy (non-hydrogen) atoms. The van der Waals surface area contributed by atoms with E-state index in [-0.39, 0.29) is 37.3 Å². The average Bonchev–Trinajstić information content (AvgIpc) is 2.58. The van der Waals surface area contributed by atoms with Crippen molar-refractivity contribution in [1.29, 1.82) is 0 Å². The second kappa shape index (κ2) is 11.2. The minimum Gasteiger partial charge on any atom is -0.491 e. The Morgan fingerprint density at radius 3 is 2.00 bits per heavy atom. The molecule has 0 saturated carbocycles. The summed E-state index contributed by atoms with van der Waals surface area (Å²) in [5, 5.41) is 29.0. The second-order valence-electron chi connectivity index (χ2n) is 5.14. The Bertz CT molecular complexity index is 440. The number of rotatable bonds is 11. The molecular formula is C15H22Cl3NO4. The third kappa shape index (κ3) is 7.79. The Morgan fingerprint density at radius 1 is 0.913 bits per heavy atom. The van der Waals surface area contributed by atoms with Gasteiger partial charge >= 0.3 is 0 Å². The molecule has 0 fully saturated rings. The first kappa shape index (κ1) is 20.6. The lowest BCUT2D eigenvalue weighted by Crippen LogP contribution is -2.39. The molecule has 0 bridgehead atoms. The van der Waals surface area contributed by atoms with Gasteiger partial charge in [0.05, 0.1) is 29.8 Å². The van der Waals surface area contributed by atoms with Crippen LogP contribution in [0.15, 0.2) is 24.3 Å². The largest absolute Gasteiger partial charge is 0.491 e. The standard InChI is InChI=1S/C15H22Cl3NO4/c16-5-12(20)8-19(9-13(21)6-17)11-2-1-3-15(4-11)23-10-14(22)7-18/h1-4,12-14,20-22H,5-10H2. The fraction of sp³-hybridized carbons (Fsp3) is 0.600. The summed E-state index contributed by atoms with van der Waals surface area (Å²) in [6, 6.07) is 7.11. The molecule has 0 heterocycles. The molecule has 0 saturated heterocycles. The number of alkyl halides is 3. The predicted octanol–water partition coefficient (Wildman–Crippen LogP) is 1.67. The second-order valence-corrected chi connectivity index (χ2v) is 6.06. The van der Waals surface area contributed by atoms with E-state index in [0.29, 0.717) is 5.75 Å². The van der Waals surface area contributed by atoms with Gasteiger partial charge in [-0.3, -0.25) is 0 Å². The average molecular weight is 387 g/mol. The van der Waals surface area contributed by atoms with E-state index in [0.717, 1.165) is 5.69 Å². The number of anilines is 1. The summed E-state index contributed by atoms with van der Waals surface area (Å²) in [5.41, 5.74) is 0.746. The SMILES string of the molecule is OC(CCl)COc1cccc(N(CC(O)CCl)CC(O)CCl)c1. The van der Waals surface area contributed by atoms with E-state index >= 15 is 0 Å². The molecule has 3 atom stereocenters. The zero-order valence-corrected chi connectivity index (χ0v) is 14.9. The van der Waals surface area contributed by atoms with Crippen molar-refractivity contribution in [3.8, 4) is 5.75 Å². The Hall–Kier alpha value is -0.430. The Labute approximate surface area is 151 Å². The highest BCUT2D eigenvalue weighted by molar-refractivity contribution is 6.18. The zero-order valence-electron chi connectivity index (χ0n) is 12.6. The van der Waals surface area contributed by atoms with Gasteiger partial charge in [0, 0.05) is 24.8 Å². The lowest BCUT2D eigenvalue weighted by Gasteiger charge is -2.28. The molecule has 1 aromatic rings. The van der Waals surface area contributed by atoms with Crippen LogP contribution in [0.3, 0.4) is 0 Å². The molecular weight excluding hydrogens is 365 g/mol. The lowest BCUT2D eigenvalue weighted by atomic mass is 10.2. The summed E-state index contributed by atoms with van der Waals surface area (Å²) < 4.78 is 5.47. The number of aliphatic hydroxyl groups is 3. The zero-order chi connectivity index (χ0) is 17.2. The minimum absolute atomic E-state index is 0.0849. The Kier molecular flexibility index (Phi) is 10.0. The van der Waals surface area contributed by atoms with E-state index in [1.807, 2.05) is 6.07 Å². The molecule has 5 nitrogen and oxygen atoms in total. The van der Waals surface area contributed by atoms with Crippen LogP contribution in [0.5, 0.6) is 5.75 Å². The molecule has 8 heteroatoms. The van der Waals surface area contributed by atoms with E-state index in [4.69, 9.17) is 39.5 Å². The van der Waals surface area contributed by atoms with Crippen molar-refractivity contribution in [2.24, 2.45) is 0 Å². The van der Waals surface area contributed by atoms with Gasteiger partial charge in [-0.05, 0) is 12.1 Å². The molecule has 0 spiro atoms. The summed E-state index contributed by atoms with van der Waals surface area (Å²) in [6.07, 6.45) is -2.21. The maximum atomic E-state index is 9.79. The lowest BCUT2D eigenvalue weighted by molar-refractivity contribution is 0.125. The van der Waals surface area contributed by atoms with Gasteiger partial charge in [0.2, 0.25) is 0 Å². The van der Waals surface area contributed by atoms with Crippen LogP contribution < -0.4 is 9.64 Å². The quantitative estimate of drug-likeness (QED) is 0.505. The third-order valence-corrected chi connectivity index (χ3v) is 4.09. The molecule has 0 aliphatic heterocycles. The molecule has 0 aliphatic rings. The van der Waals surface area contributed by atoms with Crippen molar-refractivity contribution < 1.29 is 20.1 Å². The van der Waals surface area contributed by atoms with Crippen LogP contribution in [-0.4, -0.2) is 71.0 Å². The summed E-state index contributed by atoms with van der Waals surface area (Å²) >= 11 is 16.8. The highest BCUT2D eigenvalue weighted by Crippen LogP contribution is 2.22. The summed E-state index contributed by atoms with van der Waals surface area (Å²) in [4.78, 5) is 1.78. The van der Waals surface area contributed by atoms with Crippen LogP contribution >= 0.6 is 34.8 Å². The molecule has 1 aromatic carbocycles. The van der Waals surface area contributed by atoms with Gasteiger partial charge in [-0.15, -0.1) is 34.8 Å². The van der Waals surface area contributed by atoms with E-state index < -0.39 is 18.3 Å². The minimum atomic E-state index is -0.743. The molecule has 1 rings (SSSR count). The number of ether oxygens (including phenoxy) is 1. The van der Waals surface area contributed by atoms with Crippen LogP contribution in [0.2, 0.25) is 0 Å². The Morgan fingerprint density at radius 2 is 1.48 bits per heavy atom. The molecule has 132 valence electrons.